The van der Waals surface area contributed by atoms with Crippen LogP contribution in [-0.4, -0.2) is 29.0 Å². The number of unbranched alkanes of at least 4 members (excludes halogenated alkanes) is 3. The zero-order valence-corrected chi connectivity index (χ0v) is 11.3. The van der Waals surface area contributed by atoms with Gasteiger partial charge in [-0.15, -0.1) is 0 Å². The monoisotopic (exact) mass is 280 g/mol. The molecule has 1 rings (SSSR count). The Labute approximate surface area is 116 Å². The van der Waals surface area contributed by atoms with Crippen LogP contribution in [-0.2, 0) is 4.79 Å². The number of aromatic amines is 2. The second-order valence-electron chi connectivity index (χ2n) is 4.35. The number of carbonyl (C=O) groups excluding carboxylic acids is 1. The highest BCUT2D eigenvalue weighted by Gasteiger charge is 1.98. The molecule has 0 aliphatic heterocycles. The Kier molecular flexibility index (Phi) is 7.05. The predicted molar refractivity (Wildman–Crippen MR) is 77.2 cm³/mol. The SMILES string of the molecule is NCCCCCCNC(=O)C=Cc1c[nH]c(=O)[nH]c1=O. The first-order valence-corrected chi connectivity index (χ1v) is 6.61. The molecule has 0 spiro atoms. The summed E-state index contributed by atoms with van der Waals surface area (Å²) in [6.45, 7) is 1.29. The van der Waals surface area contributed by atoms with E-state index in [1.165, 1.54) is 18.3 Å². The Balaban J connectivity index is 2.33. The minimum Gasteiger partial charge on any atom is -0.353 e. The Bertz CT molecular complexity index is 559. The van der Waals surface area contributed by atoms with Crippen LogP contribution in [0.4, 0.5) is 0 Å². The zero-order valence-electron chi connectivity index (χ0n) is 11.3. The second kappa shape index (κ2) is 8.87. The molecule has 110 valence electrons. The number of aromatic nitrogens is 2. The van der Waals surface area contributed by atoms with E-state index in [4.69, 9.17) is 5.73 Å². The molecule has 0 unspecified atom stereocenters. The van der Waals surface area contributed by atoms with Gasteiger partial charge in [0.05, 0.1) is 5.56 Å². The summed E-state index contributed by atoms with van der Waals surface area (Å²) >= 11 is 0. The van der Waals surface area contributed by atoms with Gasteiger partial charge >= 0.3 is 5.69 Å². The number of nitrogens with two attached hydrogens (primary N) is 1. The van der Waals surface area contributed by atoms with Crippen molar-refractivity contribution in [1.29, 1.82) is 0 Å². The molecule has 0 saturated heterocycles. The van der Waals surface area contributed by atoms with Crippen molar-refractivity contribution >= 4 is 12.0 Å². The minimum absolute atomic E-state index is 0.225. The number of nitrogens with one attached hydrogen (secondary N) is 3. The lowest BCUT2D eigenvalue weighted by Gasteiger charge is -2.01. The van der Waals surface area contributed by atoms with E-state index < -0.39 is 11.2 Å². The molecule has 0 radical (unpaired) electrons. The van der Waals surface area contributed by atoms with E-state index in [1.54, 1.807) is 0 Å². The highest BCUT2D eigenvalue weighted by molar-refractivity contribution is 5.91. The standard InChI is InChI=1S/C13H20N4O3/c14-7-3-1-2-4-8-15-11(18)6-5-10-9-16-13(20)17-12(10)19/h5-6,9H,1-4,7-8,14H2,(H,15,18)(H2,16,17,19,20). The number of hydrogen-bond donors (Lipinski definition) is 4. The van der Waals surface area contributed by atoms with Crippen molar-refractivity contribution in [2.75, 3.05) is 13.1 Å². The minimum atomic E-state index is -0.575. The van der Waals surface area contributed by atoms with E-state index in [1.807, 2.05) is 0 Å². The first-order valence-electron chi connectivity index (χ1n) is 6.61. The fourth-order valence-electron chi connectivity index (χ4n) is 1.60. The molecule has 1 aromatic rings. The van der Waals surface area contributed by atoms with Crippen LogP contribution in [0.3, 0.4) is 0 Å². The van der Waals surface area contributed by atoms with Gasteiger partial charge in [-0.25, -0.2) is 4.79 Å². The molecule has 0 saturated carbocycles. The maximum Gasteiger partial charge on any atom is 0.325 e. The van der Waals surface area contributed by atoms with Gasteiger partial charge in [-0.1, -0.05) is 12.8 Å². The van der Waals surface area contributed by atoms with Gasteiger partial charge in [-0.05, 0) is 25.5 Å². The fourth-order valence-corrected chi connectivity index (χ4v) is 1.60. The van der Waals surface area contributed by atoms with Crippen molar-refractivity contribution in [1.82, 2.24) is 15.3 Å². The summed E-state index contributed by atoms with van der Waals surface area (Å²) in [5, 5.41) is 2.72. The van der Waals surface area contributed by atoms with E-state index >= 15 is 0 Å². The summed E-state index contributed by atoms with van der Waals surface area (Å²) in [6.07, 6.45) is 7.89. The highest BCUT2D eigenvalue weighted by atomic mass is 16.2. The number of hydrogen-bond acceptors (Lipinski definition) is 4. The largest absolute Gasteiger partial charge is 0.353 e. The molecule has 7 heteroatoms. The molecule has 0 aliphatic carbocycles. The van der Waals surface area contributed by atoms with Crippen LogP contribution in [0.1, 0.15) is 31.2 Å². The smallest absolute Gasteiger partial charge is 0.325 e. The third kappa shape index (κ3) is 6.14. The lowest BCUT2D eigenvalue weighted by Crippen LogP contribution is -2.24. The third-order valence-electron chi connectivity index (χ3n) is 2.69. The summed E-state index contributed by atoms with van der Waals surface area (Å²) in [6, 6.07) is 0. The van der Waals surface area contributed by atoms with E-state index in [-0.39, 0.29) is 11.5 Å². The van der Waals surface area contributed by atoms with Gasteiger partial charge in [0, 0.05) is 18.8 Å². The molecular formula is C13H20N4O3. The van der Waals surface area contributed by atoms with Crippen molar-refractivity contribution < 1.29 is 4.79 Å². The number of amides is 1. The van der Waals surface area contributed by atoms with Gasteiger partial charge in [-0.2, -0.15) is 0 Å². The van der Waals surface area contributed by atoms with Crippen LogP contribution in [0.5, 0.6) is 0 Å². The van der Waals surface area contributed by atoms with E-state index in [2.05, 4.69) is 15.3 Å². The van der Waals surface area contributed by atoms with E-state index in [0.717, 1.165) is 25.7 Å². The topological polar surface area (TPSA) is 121 Å². The Morgan fingerprint density at radius 3 is 2.70 bits per heavy atom. The van der Waals surface area contributed by atoms with Gasteiger partial charge < -0.3 is 16.0 Å². The lowest BCUT2D eigenvalue weighted by atomic mass is 10.2. The second-order valence-corrected chi connectivity index (χ2v) is 4.35. The Hall–Kier alpha value is -2.15. The van der Waals surface area contributed by atoms with Crippen LogP contribution in [0.2, 0.25) is 0 Å². The molecule has 0 atom stereocenters. The molecule has 0 bridgehead atoms. The van der Waals surface area contributed by atoms with E-state index in [9.17, 15) is 14.4 Å². The van der Waals surface area contributed by atoms with Crippen molar-refractivity contribution in [2.45, 2.75) is 25.7 Å². The summed E-state index contributed by atoms with van der Waals surface area (Å²) < 4.78 is 0. The van der Waals surface area contributed by atoms with Crippen LogP contribution >= 0.6 is 0 Å². The van der Waals surface area contributed by atoms with Gasteiger partial charge in [0.1, 0.15) is 0 Å². The summed E-state index contributed by atoms with van der Waals surface area (Å²) in [4.78, 5) is 38.0. The highest BCUT2D eigenvalue weighted by Crippen LogP contribution is 1.97. The van der Waals surface area contributed by atoms with Crippen LogP contribution in [0.15, 0.2) is 21.9 Å². The van der Waals surface area contributed by atoms with Crippen LogP contribution < -0.4 is 22.3 Å². The maximum atomic E-state index is 11.5. The Morgan fingerprint density at radius 1 is 1.25 bits per heavy atom. The van der Waals surface area contributed by atoms with Gasteiger partial charge in [-0.3, -0.25) is 14.6 Å². The van der Waals surface area contributed by atoms with E-state index in [0.29, 0.717) is 13.1 Å². The van der Waals surface area contributed by atoms with Gasteiger partial charge in [0.2, 0.25) is 5.91 Å². The van der Waals surface area contributed by atoms with Crippen molar-refractivity contribution in [2.24, 2.45) is 5.73 Å². The third-order valence-corrected chi connectivity index (χ3v) is 2.69. The molecule has 5 N–H and O–H groups in total. The average Bonchev–Trinajstić information content (AvgIpc) is 2.41. The van der Waals surface area contributed by atoms with Crippen LogP contribution in [0, 0.1) is 0 Å². The van der Waals surface area contributed by atoms with Gasteiger partial charge in [0.15, 0.2) is 0 Å². The number of carbonyl (C=O) groups is 1. The normalized spacial score (nSPS) is 10.8. The van der Waals surface area contributed by atoms with Gasteiger partial charge in [0.25, 0.3) is 5.56 Å². The molecule has 0 aliphatic rings. The molecular weight excluding hydrogens is 260 g/mol. The quantitative estimate of drug-likeness (QED) is 0.386. The fraction of sp³-hybridized carbons (Fsp3) is 0.462. The average molecular weight is 280 g/mol. The lowest BCUT2D eigenvalue weighted by molar-refractivity contribution is -0.116. The van der Waals surface area contributed by atoms with Crippen molar-refractivity contribution in [3.05, 3.63) is 38.7 Å². The molecule has 0 fully saturated rings. The first-order chi connectivity index (χ1) is 9.63. The molecule has 0 aromatic carbocycles. The van der Waals surface area contributed by atoms with Crippen molar-refractivity contribution in [3.8, 4) is 0 Å². The maximum absolute atomic E-state index is 11.5. The number of rotatable bonds is 8. The first kappa shape index (κ1) is 15.9. The summed E-state index contributed by atoms with van der Waals surface area (Å²) in [7, 11) is 0. The Morgan fingerprint density at radius 2 is 2.00 bits per heavy atom. The molecule has 1 amide bonds. The van der Waals surface area contributed by atoms with Crippen LogP contribution in [0.25, 0.3) is 6.08 Å². The molecule has 1 aromatic heterocycles. The predicted octanol–water partition coefficient (Wildman–Crippen LogP) is -0.288. The molecule has 20 heavy (non-hydrogen) atoms. The summed E-state index contributed by atoms with van der Waals surface area (Å²) in [5.74, 6) is -0.269. The van der Waals surface area contributed by atoms with Crippen molar-refractivity contribution in [3.63, 3.8) is 0 Å². The zero-order chi connectivity index (χ0) is 14.8. The number of H-pyrrole nitrogens is 2. The summed E-state index contributed by atoms with van der Waals surface area (Å²) in [5.41, 5.74) is 4.50. The molecule has 7 nitrogen and oxygen atoms in total. The molecule has 1 heterocycles.